The highest BCUT2D eigenvalue weighted by Crippen LogP contribution is 2.12. The lowest BCUT2D eigenvalue weighted by atomic mass is 9.78. The maximum Gasteiger partial charge on any atom is 0.490 e. The Labute approximate surface area is 77.3 Å². The Kier molecular flexibility index (Phi) is 2.90. The second kappa shape index (κ2) is 3.76. The van der Waals surface area contributed by atoms with Crippen LogP contribution >= 0.6 is 0 Å². The Bertz CT molecular complexity index is 315. The van der Waals surface area contributed by atoms with Gasteiger partial charge in [-0.3, -0.25) is 0 Å². The first-order valence-corrected chi connectivity index (χ1v) is 3.94. The summed E-state index contributed by atoms with van der Waals surface area (Å²) in [5, 5.41) is 17.9. The van der Waals surface area contributed by atoms with Gasteiger partial charge in [0.2, 0.25) is 5.88 Å². The van der Waals surface area contributed by atoms with Crippen molar-refractivity contribution in [2.24, 2.45) is 0 Å². The highest BCUT2D eigenvalue weighted by atomic mass is 16.5. The number of pyridine rings is 1. The highest BCUT2D eigenvalue weighted by Gasteiger charge is 2.16. The van der Waals surface area contributed by atoms with Crippen LogP contribution in [0.2, 0.25) is 0 Å². The molecule has 1 heterocycles. The molecule has 1 aromatic rings. The van der Waals surface area contributed by atoms with E-state index in [1.54, 1.807) is 19.9 Å². The number of hydrogen-bond donors (Lipinski definition) is 2. The maximum atomic E-state index is 8.97. The molecule has 0 radical (unpaired) electrons. The Morgan fingerprint density at radius 2 is 2.00 bits per heavy atom. The van der Waals surface area contributed by atoms with Crippen LogP contribution in [0, 0.1) is 13.8 Å². The van der Waals surface area contributed by atoms with Gasteiger partial charge in [-0.05, 0) is 13.8 Å². The molecule has 70 valence electrons. The van der Waals surface area contributed by atoms with Crippen LogP contribution in [0.5, 0.6) is 5.88 Å². The Hall–Kier alpha value is -1.07. The Morgan fingerprint density at radius 1 is 1.38 bits per heavy atom. The molecule has 0 spiro atoms. The summed E-state index contributed by atoms with van der Waals surface area (Å²) < 4.78 is 4.99. The van der Waals surface area contributed by atoms with E-state index < -0.39 is 7.12 Å². The van der Waals surface area contributed by atoms with Gasteiger partial charge in [0, 0.05) is 16.7 Å². The first-order chi connectivity index (χ1) is 6.06. The Balaban J connectivity index is 3.20. The summed E-state index contributed by atoms with van der Waals surface area (Å²) in [6.07, 6.45) is 0. The fraction of sp³-hybridized carbons (Fsp3) is 0.375. The summed E-state index contributed by atoms with van der Waals surface area (Å²) in [6, 6.07) is 1.66. The molecule has 0 atom stereocenters. The van der Waals surface area contributed by atoms with Crippen LogP contribution in [-0.2, 0) is 0 Å². The van der Waals surface area contributed by atoms with Crippen molar-refractivity contribution in [3.05, 3.63) is 17.3 Å². The zero-order chi connectivity index (χ0) is 10.0. The Morgan fingerprint density at radius 3 is 2.46 bits per heavy atom. The SMILES string of the molecule is COc1nc(C)c(B(O)O)cc1C. The fourth-order valence-electron chi connectivity index (χ4n) is 1.17. The first kappa shape index (κ1) is 10.0. The molecule has 13 heavy (non-hydrogen) atoms. The minimum Gasteiger partial charge on any atom is -0.481 e. The average molecular weight is 181 g/mol. The highest BCUT2D eigenvalue weighted by molar-refractivity contribution is 6.59. The minimum atomic E-state index is -1.47. The lowest BCUT2D eigenvalue weighted by Crippen LogP contribution is -2.33. The third kappa shape index (κ3) is 1.99. The molecule has 1 rings (SSSR count). The summed E-state index contributed by atoms with van der Waals surface area (Å²) in [5.41, 5.74) is 1.77. The van der Waals surface area contributed by atoms with E-state index in [0.717, 1.165) is 5.56 Å². The number of rotatable bonds is 2. The third-order valence-corrected chi connectivity index (χ3v) is 1.87. The quantitative estimate of drug-likeness (QED) is 0.597. The summed E-state index contributed by atoms with van der Waals surface area (Å²) in [4.78, 5) is 4.07. The molecule has 0 aliphatic heterocycles. The van der Waals surface area contributed by atoms with E-state index in [-0.39, 0.29) is 0 Å². The normalized spacial score (nSPS) is 9.92. The molecule has 0 aliphatic carbocycles. The lowest BCUT2D eigenvalue weighted by Gasteiger charge is -2.08. The van der Waals surface area contributed by atoms with Crippen molar-refractivity contribution in [3.8, 4) is 5.88 Å². The number of aromatic nitrogens is 1. The summed E-state index contributed by atoms with van der Waals surface area (Å²) >= 11 is 0. The van der Waals surface area contributed by atoms with Gasteiger partial charge in [-0.15, -0.1) is 0 Å². The van der Waals surface area contributed by atoms with Gasteiger partial charge < -0.3 is 14.8 Å². The van der Waals surface area contributed by atoms with Crippen molar-refractivity contribution in [1.29, 1.82) is 0 Å². The predicted molar refractivity (Wildman–Crippen MR) is 50.1 cm³/mol. The van der Waals surface area contributed by atoms with Gasteiger partial charge in [0.15, 0.2) is 0 Å². The molecule has 0 aliphatic rings. The number of ether oxygens (including phenoxy) is 1. The number of aryl methyl sites for hydroxylation is 2. The smallest absolute Gasteiger partial charge is 0.481 e. The molecule has 0 unspecified atom stereocenters. The second-order valence-corrected chi connectivity index (χ2v) is 2.86. The van der Waals surface area contributed by atoms with Crippen molar-refractivity contribution in [2.75, 3.05) is 7.11 Å². The largest absolute Gasteiger partial charge is 0.490 e. The summed E-state index contributed by atoms with van der Waals surface area (Å²) in [5.74, 6) is 0.516. The van der Waals surface area contributed by atoms with Crippen LogP contribution in [0.3, 0.4) is 0 Å². The van der Waals surface area contributed by atoms with Crippen molar-refractivity contribution in [1.82, 2.24) is 4.98 Å². The van der Waals surface area contributed by atoms with Crippen LogP contribution in [0.4, 0.5) is 0 Å². The molecule has 0 aromatic carbocycles. The van der Waals surface area contributed by atoms with Gasteiger partial charge in [0.05, 0.1) is 7.11 Å². The monoisotopic (exact) mass is 181 g/mol. The topological polar surface area (TPSA) is 62.6 Å². The molecule has 0 amide bonds. The first-order valence-electron chi connectivity index (χ1n) is 3.94. The minimum absolute atomic E-state index is 0.415. The van der Waals surface area contributed by atoms with Crippen molar-refractivity contribution in [2.45, 2.75) is 13.8 Å². The molecule has 0 bridgehead atoms. The van der Waals surface area contributed by atoms with Crippen LogP contribution < -0.4 is 10.2 Å². The summed E-state index contributed by atoms with van der Waals surface area (Å²) in [6.45, 7) is 3.51. The maximum absolute atomic E-state index is 8.97. The van der Waals surface area contributed by atoms with Crippen LogP contribution in [0.25, 0.3) is 0 Å². The number of hydrogen-bond acceptors (Lipinski definition) is 4. The van der Waals surface area contributed by atoms with E-state index >= 15 is 0 Å². The lowest BCUT2D eigenvalue weighted by molar-refractivity contribution is 0.393. The number of methoxy groups -OCH3 is 1. The molecule has 5 heteroatoms. The van der Waals surface area contributed by atoms with Gasteiger partial charge >= 0.3 is 7.12 Å². The third-order valence-electron chi connectivity index (χ3n) is 1.87. The molecule has 1 aromatic heterocycles. The average Bonchev–Trinajstić information content (AvgIpc) is 2.07. The van der Waals surface area contributed by atoms with E-state index in [2.05, 4.69) is 4.98 Å². The van der Waals surface area contributed by atoms with E-state index in [4.69, 9.17) is 14.8 Å². The van der Waals surface area contributed by atoms with E-state index in [0.29, 0.717) is 17.0 Å². The molecule has 0 fully saturated rings. The summed E-state index contributed by atoms with van der Waals surface area (Å²) in [7, 11) is 0.0567. The van der Waals surface area contributed by atoms with Gasteiger partial charge in [-0.25, -0.2) is 4.98 Å². The van der Waals surface area contributed by atoms with Gasteiger partial charge in [-0.2, -0.15) is 0 Å². The predicted octanol–water partition coefficient (Wildman–Crippen LogP) is -0.613. The molecule has 2 N–H and O–H groups in total. The van der Waals surface area contributed by atoms with E-state index in [1.807, 2.05) is 0 Å². The zero-order valence-corrected chi connectivity index (χ0v) is 7.90. The van der Waals surface area contributed by atoms with Crippen molar-refractivity contribution >= 4 is 12.6 Å². The molecule has 4 nitrogen and oxygen atoms in total. The fourth-order valence-corrected chi connectivity index (χ4v) is 1.17. The van der Waals surface area contributed by atoms with E-state index in [1.165, 1.54) is 7.11 Å². The van der Waals surface area contributed by atoms with Crippen molar-refractivity contribution in [3.63, 3.8) is 0 Å². The standard InChI is InChI=1S/C8H12BNO3/c1-5-4-7(9(11)12)6(2)10-8(5)13-3/h4,11-12H,1-3H3. The number of nitrogens with zero attached hydrogens (tertiary/aromatic N) is 1. The molecule has 0 saturated carbocycles. The van der Waals surface area contributed by atoms with Crippen LogP contribution in [0.1, 0.15) is 11.3 Å². The van der Waals surface area contributed by atoms with Crippen LogP contribution in [0.15, 0.2) is 6.07 Å². The van der Waals surface area contributed by atoms with Crippen LogP contribution in [-0.4, -0.2) is 29.3 Å². The molecular weight excluding hydrogens is 169 g/mol. The zero-order valence-electron chi connectivity index (χ0n) is 7.90. The van der Waals surface area contributed by atoms with Crippen molar-refractivity contribution < 1.29 is 14.8 Å². The second-order valence-electron chi connectivity index (χ2n) is 2.86. The van der Waals surface area contributed by atoms with E-state index in [9.17, 15) is 0 Å². The molecule has 0 saturated heterocycles. The van der Waals surface area contributed by atoms with Gasteiger partial charge in [0.1, 0.15) is 0 Å². The van der Waals surface area contributed by atoms with Gasteiger partial charge in [-0.1, -0.05) is 6.07 Å². The van der Waals surface area contributed by atoms with Gasteiger partial charge in [0.25, 0.3) is 0 Å². The molecular formula is C8H12BNO3.